The minimum atomic E-state index is 0.0893. The van der Waals surface area contributed by atoms with Crippen LogP contribution in [0.5, 0.6) is 5.75 Å². The second-order valence-corrected chi connectivity index (χ2v) is 8.70. The van der Waals surface area contributed by atoms with E-state index in [0.717, 1.165) is 37.2 Å². The van der Waals surface area contributed by atoms with Crippen molar-refractivity contribution >= 4 is 5.91 Å². The maximum atomic E-state index is 12.6. The Bertz CT molecular complexity index is 1260. The fraction of sp³-hybridized carbons (Fsp3) is 0.286. The lowest BCUT2D eigenvalue weighted by molar-refractivity contribution is -0.121. The summed E-state index contributed by atoms with van der Waals surface area (Å²) >= 11 is 0. The summed E-state index contributed by atoms with van der Waals surface area (Å²) in [5.41, 5.74) is 7.53. The van der Waals surface area contributed by atoms with Crippen molar-refractivity contribution in [3.63, 3.8) is 0 Å². The number of fused-ring (bicyclic) bond motifs is 3. The van der Waals surface area contributed by atoms with Crippen LogP contribution < -0.4 is 10.1 Å². The first-order valence-corrected chi connectivity index (χ1v) is 11.9. The van der Waals surface area contributed by atoms with Crippen molar-refractivity contribution in [2.45, 2.75) is 38.6 Å². The SMILES string of the molecule is COc1ccc(-n2c(CCC(=O)NCCCn3ccnc3)cc3c2-c2ccccc2CC3)cc1. The van der Waals surface area contributed by atoms with Crippen molar-refractivity contribution in [1.29, 1.82) is 0 Å². The van der Waals surface area contributed by atoms with Gasteiger partial charge in [0.05, 0.1) is 19.1 Å². The highest BCUT2D eigenvalue weighted by atomic mass is 16.5. The average Bonchev–Trinajstić information content (AvgIpc) is 3.53. The molecule has 1 N–H and O–H groups in total. The van der Waals surface area contributed by atoms with Gasteiger partial charge in [0.2, 0.25) is 5.91 Å². The summed E-state index contributed by atoms with van der Waals surface area (Å²) in [5.74, 6) is 0.924. The molecule has 5 rings (SSSR count). The maximum Gasteiger partial charge on any atom is 0.220 e. The van der Waals surface area contributed by atoms with Gasteiger partial charge < -0.3 is 19.2 Å². The highest BCUT2D eigenvalue weighted by Crippen LogP contribution is 2.38. The van der Waals surface area contributed by atoms with Crippen molar-refractivity contribution in [3.05, 3.63) is 90.1 Å². The molecule has 1 amide bonds. The van der Waals surface area contributed by atoms with Gasteiger partial charge in [0, 0.05) is 48.8 Å². The normalized spacial score (nSPS) is 12.1. The zero-order chi connectivity index (χ0) is 23.3. The van der Waals surface area contributed by atoms with Crippen molar-refractivity contribution in [2.24, 2.45) is 0 Å². The molecular weight excluding hydrogens is 424 g/mol. The Balaban J connectivity index is 1.34. The van der Waals surface area contributed by atoms with Crippen LogP contribution in [0.4, 0.5) is 0 Å². The Morgan fingerprint density at radius 3 is 2.71 bits per heavy atom. The standard InChI is InChI=1S/C28H30N4O2/c1-34-25-12-9-23(10-13-25)32-24(11-14-27(33)30-15-4-17-31-18-16-29-20-31)19-22-8-7-21-5-2-3-6-26(21)28(22)32/h2-3,5-6,9-10,12-13,16,18-20H,4,7-8,11,14-15,17H2,1H3,(H,30,33). The number of hydrogen-bond donors (Lipinski definition) is 1. The number of rotatable bonds is 9. The predicted octanol–water partition coefficient (Wildman–Crippen LogP) is 4.59. The summed E-state index contributed by atoms with van der Waals surface area (Å²) in [6.07, 6.45) is 9.62. The molecule has 0 fully saturated rings. The van der Waals surface area contributed by atoms with E-state index < -0.39 is 0 Å². The molecule has 0 atom stereocenters. The number of imidazole rings is 1. The number of hydrogen-bond acceptors (Lipinski definition) is 3. The second kappa shape index (κ2) is 10.00. The molecule has 1 aliphatic carbocycles. The lowest BCUT2D eigenvalue weighted by Crippen LogP contribution is -2.25. The number of nitrogens with zero attached hydrogens (tertiary/aromatic N) is 3. The van der Waals surface area contributed by atoms with Crippen LogP contribution in [0, 0.1) is 0 Å². The number of aryl methyl sites for hydroxylation is 4. The number of methoxy groups -OCH3 is 1. The van der Waals surface area contributed by atoms with Gasteiger partial charge >= 0.3 is 0 Å². The Hall–Kier alpha value is -3.80. The maximum absolute atomic E-state index is 12.6. The third-order valence-electron chi connectivity index (χ3n) is 6.51. The van der Waals surface area contributed by atoms with Crippen LogP contribution >= 0.6 is 0 Å². The monoisotopic (exact) mass is 454 g/mol. The van der Waals surface area contributed by atoms with Crippen molar-refractivity contribution < 1.29 is 9.53 Å². The highest BCUT2D eigenvalue weighted by molar-refractivity contribution is 5.77. The van der Waals surface area contributed by atoms with Gasteiger partial charge in [0.15, 0.2) is 0 Å². The van der Waals surface area contributed by atoms with Crippen LogP contribution in [0.15, 0.2) is 73.3 Å². The summed E-state index contributed by atoms with van der Waals surface area (Å²) in [4.78, 5) is 16.6. The van der Waals surface area contributed by atoms with Gasteiger partial charge in [-0.2, -0.15) is 0 Å². The summed E-state index contributed by atoms with van der Waals surface area (Å²) < 4.78 is 9.72. The van der Waals surface area contributed by atoms with Gasteiger partial charge in [0.1, 0.15) is 5.75 Å². The van der Waals surface area contributed by atoms with Gasteiger partial charge in [0.25, 0.3) is 0 Å². The molecule has 0 saturated carbocycles. The van der Waals surface area contributed by atoms with E-state index in [1.54, 1.807) is 19.6 Å². The quantitative estimate of drug-likeness (QED) is 0.377. The van der Waals surface area contributed by atoms with Gasteiger partial charge in [-0.05, 0) is 67.1 Å². The van der Waals surface area contributed by atoms with E-state index in [0.29, 0.717) is 19.4 Å². The molecule has 0 spiro atoms. The van der Waals surface area contributed by atoms with Crippen LogP contribution in [-0.4, -0.2) is 33.7 Å². The fourth-order valence-electron chi connectivity index (χ4n) is 4.79. The Labute approximate surface area is 200 Å². The van der Waals surface area contributed by atoms with E-state index >= 15 is 0 Å². The molecule has 2 heterocycles. The topological polar surface area (TPSA) is 61.1 Å². The van der Waals surface area contributed by atoms with E-state index in [2.05, 4.69) is 57.3 Å². The number of carbonyl (C=O) groups is 1. The molecule has 174 valence electrons. The summed E-state index contributed by atoms with van der Waals surface area (Å²) in [5, 5.41) is 3.07. The van der Waals surface area contributed by atoms with Gasteiger partial charge in [-0.3, -0.25) is 4.79 Å². The lowest BCUT2D eigenvalue weighted by Gasteiger charge is -2.21. The van der Waals surface area contributed by atoms with Crippen molar-refractivity contribution in [1.82, 2.24) is 19.4 Å². The van der Waals surface area contributed by atoms with E-state index in [1.165, 1.54) is 28.1 Å². The molecule has 0 saturated heterocycles. The fourth-order valence-corrected chi connectivity index (χ4v) is 4.79. The first kappa shape index (κ1) is 22.0. The molecule has 2 aromatic heterocycles. The van der Waals surface area contributed by atoms with Crippen LogP contribution in [0.2, 0.25) is 0 Å². The van der Waals surface area contributed by atoms with E-state index in [9.17, 15) is 4.79 Å². The molecule has 0 bridgehead atoms. The number of aromatic nitrogens is 3. The minimum absolute atomic E-state index is 0.0893. The lowest BCUT2D eigenvalue weighted by atomic mass is 9.90. The molecule has 1 aliphatic rings. The predicted molar refractivity (Wildman–Crippen MR) is 133 cm³/mol. The van der Waals surface area contributed by atoms with Crippen LogP contribution in [0.1, 0.15) is 29.7 Å². The third-order valence-corrected chi connectivity index (χ3v) is 6.51. The zero-order valence-electron chi connectivity index (χ0n) is 19.5. The number of benzene rings is 2. The molecule has 0 aliphatic heterocycles. The smallest absolute Gasteiger partial charge is 0.220 e. The van der Waals surface area contributed by atoms with Gasteiger partial charge in [-0.25, -0.2) is 4.98 Å². The highest BCUT2D eigenvalue weighted by Gasteiger charge is 2.23. The van der Waals surface area contributed by atoms with Crippen LogP contribution in [0.25, 0.3) is 16.9 Å². The van der Waals surface area contributed by atoms with Crippen LogP contribution in [-0.2, 0) is 30.6 Å². The number of amides is 1. The Morgan fingerprint density at radius 2 is 1.91 bits per heavy atom. The number of carbonyl (C=O) groups excluding carboxylic acids is 1. The Morgan fingerprint density at radius 1 is 1.09 bits per heavy atom. The first-order chi connectivity index (χ1) is 16.7. The third kappa shape index (κ3) is 4.62. The second-order valence-electron chi connectivity index (χ2n) is 8.70. The zero-order valence-corrected chi connectivity index (χ0v) is 19.5. The Kier molecular flexibility index (Phi) is 6.47. The summed E-state index contributed by atoms with van der Waals surface area (Å²) in [6, 6.07) is 19.1. The molecule has 4 aromatic rings. The molecule has 0 radical (unpaired) electrons. The van der Waals surface area contributed by atoms with E-state index in [-0.39, 0.29) is 5.91 Å². The molecule has 0 unspecified atom stereocenters. The molecular formula is C28H30N4O2. The minimum Gasteiger partial charge on any atom is -0.497 e. The van der Waals surface area contributed by atoms with Crippen molar-refractivity contribution in [3.8, 4) is 22.7 Å². The summed E-state index contributed by atoms with van der Waals surface area (Å²) in [7, 11) is 1.68. The van der Waals surface area contributed by atoms with Gasteiger partial charge in [-0.15, -0.1) is 0 Å². The average molecular weight is 455 g/mol. The van der Waals surface area contributed by atoms with E-state index in [4.69, 9.17) is 4.74 Å². The van der Waals surface area contributed by atoms with Gasteiger partial charge in [-0.1, -0.05) is 24.3 Å². The number of ether oxygens (including phenoxy) is 1. The molecule has 34 heavy (non-hydrogen) atoms. The number of nitrogens with one attached hydrogen (secondary N) is 1. The first-order valence-electron chi connectivity index (χ1n) is 11.9. The molecule has 2 aromatic carbocycles. The summed E-state index contributed by atoms with van der Waals surface area (Å²) in [6.45, 7) is 1.52. The largest absolute Gasteiger partial charge is 0.497 e. The van der Waals surface area contributed by atoms with E-state index in [1.807, 2.05) is 22.9 Å². The van der Waals surface area contributed by atoms with Crippen LogP contribution in [0.3, 0.4) is 0 Å². The van der Waals surface area contributed by atoms with Crippen molar-refractivity contribution in [2.75, 3.05) is 13.7 Å². The molecule has 6 heteroatoms. The molecule has 6 nitrogen and oxygen atoms in total.